The smallest absolute Gasteiger partial charge is 0.338 e. The molecule has 0 fully saturated rings. The van der Waals surface area contributed by atoms with E-state index in [1.54, 1.807) is 12.1 Å². The minimum atomic E-state index is -0.259. The van der Waals surface area contributed by atoms with Crippen LogP contribution in [-0.2, 0) is 10.2 Å². The normalized spacial score (nSPS) is 13.6. The van der Waals surface area contributed by atoms with Gasteiger partial charge in [0.25, 0.3) is 0 Å². The predicted molar refractivity (Wildman–Crippen MR) is 158 cm³/mol. The van der Waals surface area contributed by atoms with Crippen LogP contribution in [0.1, 0.15) is 109 Å². The van der Waals surface area contributed by atoms with E-state index >= 15 is 0 Å². The van der Waals surface area contributed by atoms with Gasteiger partial charge in [0.1, 0.15) is 0 Å². The van der Waals surface area contributed by atoms with Crippen molar-refractivity contribution < 1.29 is 9.53 Å². The third kappa shape index (κ3) is 7.05. The SMILES string of the molecule is CCCCCCCCOC(=O)c1ccc(C#Cc2ccc3c(c2)C(c2ccc(C)cc2)=CCC3(C)C)cc1. The van der Waals surface area contributed by atoms with Crippen molar-refractivity contribution in [1.29, 1.82) is 0 Å². The van der Waals surface area contributed by atoms with Crippen LogP contribution in [0.15, 0.2) is 72.8 Å². The van der Waals surface area contributed by atoms with Crippen LogP contribution in [0.3, 0.4) is 0 Å². The van der Waals surface area contributed by atoms with E-state index in [4.69, 9.17) is 4.74 Å². The number of benzene rings is 3. The number of allylic oxidation sites excluding steroid dienone is 1. The van der Waals surface area contributed by atoms with E-state index in [1.165, 1.54) is 53.5 Å². The van der Waals surface area contributed by atoms with Crippen LogP contribution in [0.25, 0.3) is 5.57 Å². The van der Waals surface area contributed by atoms with Gasteiger partial charge in [-0.15, -0.1) is 0 Å². The minimum Gasteiger partial charge on any atom is -0.462 e. The highest BCUT2D eigenvalue weighted by atomic mass is 16.5. The highest BCUT2D eigenvalue weighted by molar-refractivity contribution is 5.89. The number of unbranched alkanes of at least 4 members (excludes halogenated alkanes) is 5. The molecule has 0 aromatic heterocycles. The Labute approximate surface area is 229 Å². The molecule has 3 aromatic rings. The predicted octanol–water partition coefficient (Wildman–Crippen LogP) is 9.03. The molecule has 0 spiro atoms. The maximum atomic E-state index is 12.4. The van der Waals surface area contributed by atoms with E-state index in [1.807, 2.05) is 12.1 Å². The molecule has 0 unspecified atom stereocenters. The zero-order valence-corrected chi connectivity index (χ0v) is 23.4. The first-order valence-corrected chi connectivity index (χ1v) is 14.1. The van der Waals surface area contributed by atoms with Gasteiger partial charge in [0.15, 0.2) is 0 Å². The van der Waals surface area contributed by atoms with Gasteiger partial charge in [-0.25, -0.2) is 4.79 Å². The zero-order chi connectivity index (χ0) is 27.0. The molecule has 0 heterocycles. The molecule has 0 N–H and O–H groups in total. The fourth-order valence-electron chi connectivity index (χ4n) is 4.98. The Kier molecular flexibility index (Phi) is 9.24. The average Bonchev–Trinajstić information content (AvgIpc) is 2.92. The van der Waals surface area contributed by atoms with Crippen LogP contribution in [0.5, 0.6) is 0 Å². The molecular formula is C36H40O2. The lowest BCUT2D eigenvalue weighted by molar-refractivity contribution is 0.0497. The van der Waals surface area contributed by atoms with Crippen LogP contribution in [0.2, 0.25) is 0 Å². The summed E-state index contributed by atoms with van der Waals surface area (Å²) in [6.07, 6.45) is 10.4. The fraction of sp³-hybridized carbons (Fsp3) is 0.361. The summed E-state index contributed by atoms with van der Waals surface area (Å²) >= 11 is 0. The van der Waals surface area contributed by atoms with E-state index in [9.17, 15) is 4.79 Å². The number of aryl methyl sites for hydroxylation is 1. The lowest BCUT2D eigenvalue weighted by Crippen LogP contribution is -2.22. The number of carbonyl (C=O) groups excluding carboxylic acids is 1. The third-order valence-corrected chi connectivity index (χ3v) is 7.42. The lowest BCUT2D eigenvalue weighted by atomic mass is 9.72. The topological polar surface area (TPSA) is 26.3 Å². The molecule has 2 nitrogen and oxygen atoms in total. The van der Waals surface area contributed by atoms with Gasteiger partial charge in [-0.3, -0.25) is 0 Å². The van der Waals surface area contributed by atoms with Crippen LogP contribution < -0.4 is 0 Å². The first-order chi connectivity index (χ1) is 18.4. The summed E-state index contributed by atoms with van der Waals surface area (Å²) < 4.78 is 5.45. The van der Waals surface area contributed by atoms with Gasteiger partial charge >= 0.3 is 5.97 Å². The van der Waals surface area contributed by atoms with Gasteiger partial charge < -0.3 is 4.74 Å². The minimum absolute atomic E-state index is 0.0922. The Morgan fingerprint density at radius 2 is 1.50 bits per heavy atom. The first-order valence-electron chi connectivity index (χ1n) is 14.1. The van der Waals surface area contributed by atoms with E-state index in [-0.39, 0.29) is 11.4 Å². The van der Waals surface area contributed by atoms with Crippen LogP contribution in [0, 0.1) is 18.8 Å². The number of hydrogen-bond acceptors (Lipinski definition) is 2. The molecule has 1 aliphatic carbocycles. The summed E-state index contributed by atoms with van der Waals surface area (Å²) in [6, 6.07) is 22.8. The fourth-order valence-corrected chi connectivity index (χ4v) is 4.98. The average molecular weight is 505 g/mol. The summed E-state index contributed by atoms with van der Waals surface area (Å²) in [5.74, 6) is 6.35. The Morgan fingerprint density at radius 1 is 0.842 bits per heavy atom. The van der Waals surface area contributed by atoms with Gasteiger partial charge in [-0.1, -0.05) is 107 Å². The van der Waals surface area contributed by atoms with Crippen molar-refractivity contribution in [3.05, 3.63) is 112 Å². The number of carbonyl (C=O) groups is 1. The molecule has 196 valence electrons. The highest BCUT2D eigenvalue weighted by Gasteiger charge is 2.28. The summed E-state index contributed by atoms with van der Waals surface area (Å²) in [5, 5.41) is 0. The van der Waals surface area contributed by atoms with E-state index < -0.39 is 0 Å². The second-order valence-electron chi connectivity index (χ2n) is 11.1. The van der Waals surface area contributed by atoms with Gasteiger partial charge in [0, 0.05) is 11.1 Å². The number of ether oxygens (including phenoxy) is 1. The molecule has 0 aliphatic heterocycles. The summed E-state index contributed by atoms with van der Waals surface area (Å²) in [7, 11) is 0. The van der Waals surface area contributed by atoms with Gasteiger partial charge in [-0.05, 0) is 83.8 Å². The molecule has 0 bridgehead atoms. The third-order valence-electron chi connectivity index (χ3n) is 7.42. The molecule has 3 aromatic carbocycles. The van der Waals surface area contributed by atoms with Crippen molar-refractivity contribution in [3.8, 4) is 11.8 Å². The van der Waals surface area contributed by atoms with Crippen molar-refractivity contribution in [2.45, 2.75) is 78.1 Å². The van der Waals surface area contributed by atoms with Gasteiger partial charge in [0.05, 0.1) is 12.2 Å². The molecule has 4 rings (SSSR count). The second-order valence-corrected chi connectivity index (χ2v) is 11.1. The van der Waals surface area contributed by atoms with Crippen molar-refractivity contribution >= 4 is 11.5 Å². The molecular weight excluding hydrogens is 464 g/mol. The number of fused-ring (bicyclic) bond motifs is 1. The Balaban J connectivity index is 1.43. The van der Waals surface area contributed by atoms with Gasteiger partial charge in [0.2, 0.25) is 0 Å². The molecule has 38 heavy (non-hydrogen) atoms. The van der Waals surface area contributed by atoms with Crippen LogP contribution >= 0.6 is 0 Å². The monoisotopic (exact) mass is 504 g/mol. The molecule has 1 aliphatic rings. The quantitative estimate of drug-likeness (QED) is 0.165. The van der Waals surface area contributed by atoms with Crippen molar-refractivity contribution in [2.75, 3.05) is 6.61 Å². The van der Waals surface area contributed by atoms with Gasteiger partial charge in [-0.2, -0.15) is 0 Å². The molecule has 2 heteroatoms. The van der Waals surface area contributed by atoms with Crippen molar-refractivity contribution in [2.24, 2.45) is 0 Å². The Bertz CT molecular complexity index is 1330. The summed E-state index contributed by atoms with van der Waals surface area (Å²) in [6.45, 7) is 9.43. The largest absolute Gasteiger partial charge is 0.462 e. The molecule has 0 atom stereocenters. The highest BCUT2D eigenvalue weighted by Crippen LogP contribution is 2.41. The molecule has 0 saturated carbocycles. The molecule has 0 radical (unpaired) electrons. The lowest BCUT2D eigenvalue weighted by Gasteiger charge is -2.32. The Hall–Kier alpha value is -3.57. The van der Waals surface area contributed by atoms with E-state index in [2.05, 4.69) is 88.1 Å². The number of esters is 1. The summed E-state index contributed by atoms with van der Waals surface area (Å²) in [5.41, 5.74) is 8.96. The molecule has 0 amide bonds. The van der Waals surface area contributed by atoms with E-state index in [0.29, 0.717) is 12.2 Å². The number of hydrogen-bond donors (Lipinski definition) is 0. The Morgan fingerprint density at radius 3 is 2.24 bits per heavy atom. The number of rotatable bonds is 9. The second kappa shape index (κ2) is 12.8. The standard InChI is InChI=1S/C36H40O2/c1-5-6-7-8-9-10-25-38-35(37)31-20-15-28(16-21-31)13-14-29-17-22-34-33(26-29)32(23-24-36(34,3)4)30-18-11-27(2)12-19-30/h11-12,15-23,26H,5-10,24-25H2,1-4H3. The maximum Gasteiger partial charge on any atom is 0.338 e. The van der Waals surface area contributed by atoms with Crippen molar-refractivity contribution in [1.82, 2.24) is 0 Å². The maximum absolute atomic E-state index is 12.4. The van der Waals surface area contributed by atoms with Crippen molar-refractivity contribution in [3.63, 3.8) is 0 Å². The first kappa shape index (κ1) is 27.5. The van der Waals surface area contributed by atoms with Crippen LogP contribution in [-0.4, -0.2) is 12.6 Å². The molecule has 0 saturated heterocycles. The summed E-state index contributed by atoms with van der Waals surface area (Å²) in [4.78, 5) is 12.4. The van der Waals surface area contributed by atoms with E-state index in [0.717, 1.165) is 30.4 Å². The van der Waals surface area contributed by atoms with Crippen LogP contribution in [0.4, 0.5) is 0 Å². The zero-order valence-electron chi connectivity index (χ0n) is 23.4.